The summed E-state index contributed by atoms with van der Waals surface area (Å²) in [5.41, 5.74) is 1.84. The summed E-state index contributed by atoms with van der Waals surface area (Å²) in [5.74, 6) is 0.171. The summed E-state index contributed by atoms with van der Waals surface area (Å²) >= 11 is 0. The number of hydrogen-bond donors (Lipinski definition) is 2. The Labute approximate surface area is 163 Å². The van der Waals surface area contributed by atoms with Crippen LogP contribution in [0.2, 0.25) is 0 Å². The van der Waals surface area contributed by atoms with Gasteiger partial charge in [-0.15, -0.1) is 0 Å². The maximum Gasteiger partial charge on any atom is 0.251 e. The molecule has 0 spiro atoms. The van der Waals surface area contributed by atoms with Crippen LogP contribution >= 0.6 is 0 Å². The van der Waals surface area contributed by atoms with Gasteiger partial charge in [0.1, 0.15) is 5.75 Å². The van der Waals surface area contributed by atoms with E-state index in [1.807, 2.05) is 6.07 Å². The summed E-state index contributed by atoms with van der Waals surface area (Å²) in [5, 5.41) is 5.51. The monoisotopic (exact) mass is 381 g/mol. The predicted molar refractivity (Wildman–Crippen MR) is 107 cm³/mol. The van der Waals surface area contributed by atoms with Crippen LogP contribution in [0.4, 0.5) is 11.4 Å². The molecule has 0 unspecified atom stereocenters. The van der Waals surface area contributed by atoms with Gasteiger partial charge >= 0.3 is 0 Å². The van der Waals surface area contributed by atoms with E-state index in [9.17, 15) is 14.4 Å². The Kier molecular flexibility index (Phi) is 6.26. The Bertz CT molecular complexity index is 867. The summed E-state index contributed by atoms with van der Waals surface area (Å²) in [6, 6.07) is 14.1. The van der Waals surface area contributed by atoms with Crippen molar-refractivity contribution in [2.24, 2.45) is 0 Å². The number of benzene rings is 2. The fraction of sp³-hybridized carbons (Fsp3) is 0.286. The van der Waals surface area contributed by atoms with Crippen molar-refractivity contribution in [2.75, 3.05) is 30.4 Å². The van der Waals surface area contributed by atoms with E-state index in [2.05, 4.69) is 10.6 Å². The number of rotatable bonds is 7. The molecule has 146 valence electrons. The highest BCUT2D eigenvalue weighted by molar-refractivity contribution is 5.98. The zero-order chi connectivity index (χ0) is 19.9. The Balaban J connectivity index is 1.54. The molecule has 7 heteroatoms. The van der Waals surface area contributed by atoms with E-state index in [0.29, 0.717) is 35.7 Å². The largest absolute Gasteiger partial charge is 0.494 e. The number of nitrogens with one attached hydrogen (secondary N) is 2. The van der Waals surface area contributed by atoms with Gasteiger partial charge in [-0.1, -0.05) is 18.2 Å². The first-order valence-electron chi connectivity index (χ1n) is 9.20. The van der Waals surface area contributed by atoms with Gasteiger partial charge in [-0.2, -0.15) is 0 Å². The average Bonchev–Trinajstić information content (AvgIpc) is 3.14. The highest BCUT2D eigenvalue weighted by atomic mass is 16.5. The van der Waals surface area contributed by atoms with E-state index in [1.165, 1.54) is 7.11 Å². The molecular formula is C21H23N3O4. The first-order chi connectivity index (χ1) is 13.6. The first kappa shape index (κ1) is 19.4. The molecular weight excluding hydrogens is 358 g/mol. The Morgan fingerprint density at radius 2 is 1.93 bits per heavy atom. The van der Waals surface area contributed by atoms with Crippen molar-refractivity contribution < 1.29 is 19.1 Å². The van der Waals surface area contributed by atoms with Gasteiger partial charge in [-0.3, -0.25) is 14.4 Å². The van der Waals surface area contributed by atoms with Gasteiger partial charge in [0.05, 0.1) is 12.8 Å². The summed E-state index contributed by atoms with van der Waals surface area (Å²) in [6.07, 6.45) is 1.51. The molecule has 3 amide bonds. The van der Waals surface area contributed by atoms with Crippen molar-refractivity contribution >= 4 is 29.1 Å². The lowest BCUT2D eigenvalue weighted by Gasteiger charge is -2.19. The summed E-state index contributed by atoms with van der Waals surface area (Å²) < 4.78 is 5.39. The van der Waals surface area contributed by atoms with Crippen LogP contribution in [0.15, 0.2) is 48.5 Å². The van der Waals surface area contributed by atoms with Crippen LogP contribution in [0.25, 0.3) is 0 Å². The molecule has 0 aliphatic carbocycles. The Morgan fingerprint density at radius 1 is 1.14 bits per heavy atom. The number of nitrogens with zero attached hydrogens (tertiary/aromatic N) is 1. The number of anilines is 2. The molecule has 3 rings (SSSR count). The summed E-state index contributed by atoms with van der Waals surface area (Å²) in [4.78, 5) is 37.8. The molecule has 1 fully saturated rings. The van der Waals surface area contributed by atoms with Gasteiger partial charge < -0.3 is 20.3 Å². The normalized spacial score (nSPS) is 13.3. The smallest absolute Gasteiger partial charge is 0.251 e. The van der Waals surface area contributed by atoms with E-state index >= 15 is 0 Å². The van der Waals surface area contributed by atoms with Crippen molar-refractivity contribution in [2.45, 2.75) is 19.3 Å². The number of amides is 3. The van der Waals surface area contributed by atoms with Crippen LogP contribution in [0, 0.1) is 0 Å². The molecule has 1 heterocycles. The summed E-state index contributed by atoms with van der Waals surface area (Å²) in [7, 11) is 1.53. The van der Waals surface area contributed by atoms with Crippen molar-refractivity contribution in [1.82, 2.24) is 5.32 Å². The zero-order valence-electron chi connectivity index (χ0n) is 15.7. The Hall–Kier alpha value is -3.35. The van der Waals surface area contributed by atoms with E-state index < -0.39 is 0 Å². The summed E-state index contributed by atoms with van der Waals surface area (Å²) in [6.45, 7) is 0.902. The van der Waals surface area contributed by atoms with Crippen molar-refractivity contribution in [3.63, 3.8) is 0 Å². The van der Waals surface area contributed by atoms with E-state index in [0.717, 1.165) is 6.42 Å². The molecule has 0 radical (unpaired) electrons. The lowest BCUT2D eigenvalue weighted by Crippen LogP contribution is -2.27. The molecule has 0 atom stereocenters. The van der Waals surface area contributed by atoms with Gasteiger partial charge in [0.2, 0.25) is 11.8 Å². The van der Waals surface area contributed by atoms with E-state index in [1.54, 1.807) is 47.4 Å². The van der Waals surface area contributed by atoms with Crippen LogP contribution in [-0.4, -0.2) is 37.9 Å². The molecule has 2 aromatic carbocycles. The average molecular weight is 381 g/mol. The molecule has 0 aromatic heterocycles. The van der Waals surface area contributed by atoms with Crippen LogP contribution in [0.1, 0.15) is 29.6 Å². The third-order valence-electron chi connectivity index (χ3n) is 4.50. The maximum absolute atomic E-state index is 12.2. The molecule has 2 aromatic rings. The standard InChI is InChI=1S/C21H23N3O4/c1-28-18-14-16(9-10-17(18)24-13-5-8-20(24)26)23-19(25)11-12-22-21(27)15-6-3-2-4-7-15/h2-4,6-7,9-10,14H,5,8,11-13H2,1H3,(H,22,27)(H,23,25). The SMILES string of the molecule is COc1cc(NC(=O)CCNC(=O)c2ccccc2)ccc1N1CCCC1=O. The number of carbonyl (C=O) groups excluding carboxylic acids is 3. The Morgan fingerprint density at radius 3 is 2.61 bits per heavy atom. The number of carbonyl (C=O) groups is 3. The lowest BCUT2D eigenvalue weighted by molar-refractivity contribution is -0.117. The fourth-order valence-corrected chi connectivity index (χ4v) is 3.09. The van der Waals surface area contributed by atoms with Crippen LogP contribution in [-0.2, 0) is 9.59 Å². The second-order valence-electron chi connectivity index (χ2n) is 6.46. The highest BCUT2D eigenvalue weighted by Gasteiger charge is 2.24. The predicted octanol–water partition coefficient (Wildman–Crippen LogP) is 2.58. The number of methoxy groups -OCH3 is 1. The molecule has 1 saturated heterocycles. The van der Waals surface area contributed by atoms with Gasteiger partial charge in [0.15, 0.2) is 0 Å². The zero-order valence-corrected chi connectivity index (χ0v) is 15.7. The first-order valence-corrected chi connectivity index (χ1v) is 9.20. The van der Waals surface area contributed by atoms with E-state index in [4.69, 9.17) is 4.74 Å². The number of ether oxygens (including phenoxy) is 1. The molecule has 0 bridgehead atoms. The molecule has 7 nitrogen and oxygen atoms in total. The number of hydrogen-bond acceptors (Lipinski definition) is 4. The maximum atomic E-state index is 12.2. The molecule has 28 heavy (non-hydrogen) atoms. The van der Waals surface area contributed by atoms with Crippen molar-refractivity contribution in [3.8, 4) is 5.75 Å². The topological polar surface area (TPSA) is 87.7 Å². The van der Waals surface area contributed by atoms with Crippen LogP contribution < -0.4 is 20.3 Å². The second kappa shape index (κ2) is 9.03. The minimum absolute atomic E-state index is 0.0734. The fourth-order valence-electron chi connectivity index (χ4n) is 3.09. The molecule has 1 aliphatic rings. The third-order valence-corrected chi connectivity index (χ3v) is 4.50. The van der Waals surface area contributed by atoms with Gasteiger partial charge in [-0.25, -0.2) is 0 Å². The van der Waals surface area contributed by atoms with Gasteiger partial charge in [0.25, 0.3) is 5.91 Å². The van der Waals surface area contributed by atoms with Crippen molar-refractivity contribution in [3.05, 3.63) is 54.1 Å². The second-order valence-corrected chi connectivity index (χ2v) is 6.46. The molecule has 2 N–H and O–H groups in total. The van der Waals surface area contributed by atoms with Gasteiger partial charge in [0, 0.05) is 43.2 Å². The molecule has 1 aliphatic heterocycles. The van der Waals surface area contributed by atoms with Crippen LogP contribution in [0.3, 0.4) is 0 Å². The van der Waals surface area contributed by atoms with Crippen LogP contribution in [0.5, 0.6) is 5.75 Å². The third kappa shape index (κ3) is 4.68. The lowest BCUT2D eigenvalue weighted by atomic mass is 10.2. The molecule has 0 saturated carbocycles. The minimum atomic E-state index is -0.222. The van der Waals surface area contributed by atoms with Gasteiger partial charge in [-0.05, 0) is 30.7 Å². The van der Waals surface area contributed by atoms with Crippen molar-refractivity contribution in [1.29, 1.82) is 0 Å². The minimum Gasteiger partial charge on any atom is -0.494 e. The highest BCUT2D eigenvalue weighted by Crippen LogP contribution is 2.33. The van der Waals surface area contributed by atoms with E-state index in [-0.39, 0.29) is 30.7 Å². The quantitative estimate of drug-likeness (QED) is 0.772.